The van der Waals surface area contributed by atoms with Gasteiger partial charge < -0.3 is 4.42 Å². The summed E-state index contributed by atoms with van der Waals surface area (Å²) in [5, 5.41) is 1.05. The normalized spacial score (nSPS) is 15.5. The van der Waals surface area contributed by atoms with Crippen LogP contribution in [0.15, 0.2) is 16.5 Å². The molecule has 0 unspecified atom stereocenters. The lowest BCUT2D eigenvalue weighted by Gasteiger charge is -2.10. The van der Waals surface area contributed by atoms with Crippen LogP contribution in [-0.2, 0) is 22.9 Å². The summed E-state index contributed by atoms with van der Waals surface area (Å²) in [7, 11) is -3.25. The molecule has 0 saturated heterocycles. The fraction of sp³-hybridized carbons (Fsp3) is 0.429. The molecule has 0 fully saturated rings. The molecule has 4 nitrogen and oxygen atoms in total. The van der Waals surface area contributed by atoms with E-state index in [1.54, 1.807) is 0 Å². The van der Waals surface area contributed by atoms with Crippen LogP contribution < -0.4 is 4.72 Å². The molecule has 1 aliphatic rings. The van der Waals surface area contributed by atoms with E-state index in [0.717, 1.165) is 35.1 Å². The van der Waals surface area contributed by atoms with E-state index in [-0.39, 0.29) is 0 Å². The van der Waals surface area contributed by atoms with Crippen molar-refractivity contribution in [3.8, 4) is 0 Å². The van der Waals surface area contributed by atoms with Gasteiger partial charge in [0.2, 0.25) is 10.0 Å². The quantitative estimate of drug-likeness (QED) is 0.919. The van der Waals surface area contributed by atoms with Crippen molar-refractivity contribution in [1.29, 1.82) is 0 Å². The number of nitrogens with one attached hydrogen (secondary N) is 1. The highest BCUT2D eigenvalue weighted by Gasteiger charge is 2.19. The van der Waals surface area contributed by atoms with E-state index in [0.29, 0.717) is 5.69 Å². The summed E-state index contributed by atoms with van der Waals surface area (Å²) in [5.74, 6) is 1.07. The number of anilines is 1. The molecular weight excluding hydrogens is 262 g/mol. The van der Waals surface area contributed by atoms with Crippen LogP contribution in [0.2, 0.25) is 0 Å². The van der Waals surface area contributed by atoms with Crippen molar-refractivity contribution < 1.29 is 12.8 Å². The van der Waals surface area contributed by atoms with Crippen LogP contribution in [-0.4, -0.2) is 14.7 Å². The Morgan fingerprint density at radius 2 is 1.95 bits per heavy atom. The smallest absolute Gasteiger partial charge is 0.229 e. The van der Waals surface area contributed by atoms with Gasteiger partial charge in [-0.05, 0) is 43.9 Å². The zero-order chi connectivity index (χ0) is 13.6. The summed E-state index contributed by atoms with van der Waals surface area (Å²) in [6, 6.07) is 3.82. The third-order valence-electron chi connectivity index (χ3n) is 3.60. The monoisotopic (exact) mass is 279 g/mol. The Balaban J connectivity index is 2.17. The molecule has 0 spiro atoms. The van der Waals surface area contributed by atoms with Crippen LogP contribution in [0.1, 0.15) is 29.7 Å². The molecule has 0 aliphatic heterocycles. The first-order chi connectivity index (χ1) is 8.94. The van der Waals surface area contributed by atoms with Gasteiger partial charge in [0.25, 0.3) is 0 Å². The molecule has 0 radical (unpaired) electrons. The average Bonchev–Trinajstić information content (AvgIpc) is 2.65. The van der Waals surface area contributed by atoms with Gasteiger partial charge in [0.05, 0.1) is 11.9 Å². The van der Waals surface area contributed by atoms with E-state index >= 15 is 0 Å². The van der Waals surface area contributed by atoms with Gasteiger partial charge in [0, 0.05) is 17.4 Å². The topological polar surface area (TPSA) is 59.3 Å². The summed E-state index contributed by atoms with van der Waals surface area (Å²) in [5.41, 5.74) is 3.63. The summed E-state index contributed by atoms with van der Waals surface area (Å²) < 4.78 is 31.2. The van der Waals surface area contributed by atoms with Crippen LogP contribution in [0, 0.1) is 6.92 Å². The standard InChI is InChI=1S/C14H17NO3S/c1-9-7-14-11(8-12(9)15-19(2,16)17)10-5-3-4-6-13(10)18-14/h7-8,15H,3-6H2,1-2H3. The second-order valence-electron chi connectivity index (χ2n) is 5.25. The highest BCUT2D eigenvalue weighted by Crippen LogP contribution is 2.35. The maximum atomic E-state index is 11.4. The van der Waals surface area contributed by atoms with Crippen molar-refractivity contribution in [2.45, 2.75) is 32.6 Å². The SMILES string of the molecule is Cc1cc2oc3c(c2cc1NS(C)(=O)=O)CCCC3. The summed E-state index contributed by atoms with van der Waals surface area (Å²) in [6.07, 6.45) is 5.51. The second kappa shape index (κ2) is 4.27. The van der Waals surface area contributed by atoms with Gasteiger partial charge in [-0.15, -0.1) is 0 Å². The predicted octanol–water partition coefficient (Wildman–Crippen LogP) is 2.99. The maximum Gasteiger partial charge on any atom is 0.229 e. The zero-order valence-electron chi connectivity index (χ0n) is 11.1. The van der Waals surface area contributed by atoms with E-state index in [9.17, 15) is 8.42 Å². The van der Waals surface area contributed by atoms with Gasteiger partial charge in [0.1, 0.15) is 11.3 Å². The zero-order valence-corrected chi connectivity index (χ0v) is 11.9. The van der Waals surface area contributed by atoms with Crippen molar-refractivity contribution in [3.05, 3.63) is 29.0 Å². The average molecular weight is 279 g/mol. The first-order valence-corrected chi connectivity index (χ1v) is 8.36. The number of hydrogen-bond donors (Lipinski definition) is 1. The minimum Gasteiger partial charge on any atom is -0.461 e. The molecule has 2 aromatic rings. The van der Waals surface area contributed by atoms with Gasteiger partial charge in [-0.1, -0.05) is 0 Å². The van der Waals surface area contributed by atoms with E-state index in [4.69, 9.17) is 4.42 Å². The van der Waals surface area contributed by atoms with E-state index in [1.165, 1.54) is 24.7 Å². The molecule has 1 aromatic heterocycles. The summed E-state index contributed by atoms with van der Waals surface area (Å²) >= 11 is 0. The van der Waals surface area contributed by atoms with Gasteiger partial charge in [-0.3, -0.25) is 4.72 Å². The Hall–Kier alpha value is -1.49. The fourth-order valence-electron chi connectivity index (χ4n) is 2.72. The van der Waals surface area contributed by atoms with Crippen LogP contribution in [0.4, 0.5) is 5.69 Å². The van der Waals surface area contributed by atoms with Gasteiger partial charge in [0.15, 0.2) is 0 Å². The molecule has 1 N–H and O–H groups in total. The highest BCUT2D eigenvalue weighted by atomic mass is 32.2. The van der Waals surface area contributed by atoms with Gasteiger partial charge in [-0.2, -0.15) is 0 Å². The fourth-order valence-corrected chi connectivity index (χ4v) is 3.34. The number of hydrogen-bond acceptors (Lipinski definition) is 3. The number of furan rings is 1. The number of fused-ring (bicyclic) bond motifs is 3. The summed E-state index contributed by atoms with van der Waals surface area (Å²) in [4.78, 5) is 0. The Kier molecular flexibility index (Phi) is 2.82. The third-order valence-corrected chi connectivity index (χ3v) is 4.19. The molecule has 5 heteroatoms. The van der Waals surface area contributed by atoms with Crippen molar-refractivity contribution in [2.75, 3.05) is 11.0 Å². The molecular formula is C14H17NO3S. The lowest BCUT2D eigenvalue weighted by Crippen LogP contribution is -2.10. The Morgan fingerprint density at radius 3 is 2.68 bits per heavy atom. The largest absolute Gasteiger partial charge is 0.461 e. The Morgan fingerprint density at radius 1 is 1.21 bits per heavy atom. The van der Waals surface area contributed by atoms with Crippen LogP contribution >= 0.6 is 0 Å². The van der Waals surface area contributed by atoms with Crippen molar-refractivity contribution in [1.82, 2.24) is 0 Å². The first-order valence-electron chi connectivity index (χ1n) is 6.47. The molecule has 102 valence electrons. The highest BCUT2D eigenvalue weighted by molar-refractivity contribution is 7.92. The van der Waals surface area contributed by atoms with E-state index in [2.05, 4.69) is 4.72 Å². The molecule has 1 aliphatic carbocycles. The van der Waals surface area contributed by atoms with E-state index < -0.39 is 10.0 Å². The van der Waals surface area contributed by atoms with Gasteiger partial charge >= 0.3 is 0 Å². The number of benzene rings is 1. The number of aryl methyl sites for hydroxylation is 3. The lowest BCUT2D eigenvalue weighted by molar-refractivity contribution is 0.506. The summed E-state index contributed by atoms with van der Waals surface area (Å²) in [6.45, 7) is 1.88. The molecule has 19 heavy (non-hydrogen) atoms. The molecule has 3 rings (SSSR count). The number of rotatable bonds is 2. The minimum atomic E-state index is -3.25. The molecule has 0 amide bonds. The molecule has 1 heterocycles. The van der Waals surface area contributed by atoms with Crippen molar-refractivity contribution in [3.63, 3.8) is 0 Å². The Bertz CT molecular complexity index is 744. The first kappa shape index (κ1) is 12.5. The number of sulfonamides is 1. The molecule has 0 saturated carbocycles. The predicted molar refractivity (Wildman–Crippen MR) is 76.1 cm³/mol. The van der Waals surface area contributed by atoms with E-state index in [1.807, 2.05) is 19.1 Å². The van der Waals surface area contributed by atoms with Crippen LogP contribution in [0.5, 0.6) is 0 Å². The maximum absolute atomic E-state index is 11.4. The van der Waals surface area contributed by atoms with Crippen LogP contribution in [0.25, 0.3) is 11.0 Å². The van der Waals surface area contributed by atoms with Crippen molar-refractivity contribution >= 4 is 26.7 Å². The minimum absolute atomic E-state index is 0.643. The van der Waals surface area contributed by atoms with Gasteiger partial charge in [-0.25, -0.2) is 8.42 Å². The third kappa shape index (κ3) is 2.34. The van der Waals surface area contributed by atoms with Crippen LogP contribution in [0.3, 0.4) is 0 Å². The lowest BCUT2D eigenvalue weighted by atomic mass is 9.95. The van der Waals surface area contributed by atoms with Crippen molar-refractivity contribution in [2.24, 2.45) is 0 Å². The second-order valence-corrected chi connectivity index (χ2v) is 7.00. The Labute approximate surface area is 112 Å². The molecule has 1 aromatic carbocycles. The molecule has 0 atom stereocenters. The molecule has 0 bridgehead atoms.